The predicted molar refractivity (Wildman–Crippen MR) is 94.5 cm³/mol. The number of aliphatic hydroxyl groups excluding tert-OH is 1. The third-order valence-electron chi connectivity index (χ3n) is 4.57. The summed E-state index contributed by atoms with van der Waals surface area (Å²) in [6.45, 7) is 1.80. The van der Waals surface area contributed by atoms with Gasteiger partial charge in [0.05, 0.1) is 19.8 Å². The Morgan fingerprint density at radius 3 is 2.85 bits per heavy atom. The number of carbonyl (C=O) groups excluding carboxylic acids is 2. The van der Waals surface area contributed by atoms with Crippen molar-refractivity contribution in [3.05, 3.63) is 59.3 Å². The number of aromatic nitrogens is 1. The van der Waals surface area contributed by atoms with Crippen LogP contribution in [-0.4, -0.2) is 46.6 Å². The molecule has 2 N–H and O–H groups in total. The van der Waals surface area contributed by atoms with Crippen molar-refractivity contribution in [2.45, 2.75) is 25.6 Å². The first kappa shape index (κ1) is 17.9. The number of hydrogen-bond acceptors (Lipinski definition) is 5. The smallest absolute Gasteiger partial charge is 0.255 e. The lowest BCUT2D eigenvalue weighted by atomic mass is 10.1. The lowest BCUT2D eigenvalue weighted by molar-refractivity contribution is -0.126. The van der Waals surface area contributed by atoms with Gasteiger partial charge >= 0.3 is 0 Å². The summed E-state index contributed by atoms with van der Waals surface area (Å²) < 4.78 is 5.07. The van der Waals surface area contributed by atoms with Crippen LogP contribution in [0, 0.1) is 0 Å². The Kier molecular flexibility index (Phi) is 5.18. The van der Waals surface area contributed by atoms with E-state index in [-0.39, 0.29) is 18.4 Å². The van der Waals surface area contributed by atoms with Crippen molar-refractivity contribution in [3.63, 3.8) is 0 Å². The highest BCUT2D eigenvalue weighted by atomic mass is 16.5. The van der Waals surface area contributed by atoms with E-state index in [2.05, 4.69) is 10.3 Å². The topological polar surface area (TPSA) is 91.8 Å². The maximum Gasteiger partial charge on any atom is 0.255 e. The molecule has 1 aliphatic heterocycles. The fourth-order valence-corrected chi connectivity index (χ4v) is 3.01. The fraction of sp³-hybridized carbons (Fsp3) is 0.316. The molecule has 0 aliphatic carbocycles. The summed E-state index contributed by atoms with van der Waals surface area (Å²) in [7, 11) is 1.50. The van der Waals surface area contributed by atoms with Gasteiger partial charge in [0.15, 0.2) is 0 Å². The summed E-state index contributed by atoms with van der Waals surface area (Å²) in [4.78, 5) is 30.7. The van der Waals surface area contributed by atoms with E-state index in [4.69, 9.17) is 4.74 Å². The van der Waals surface area contributed by atoms with Gasteiger partial charge < -0.3 is 20.1 Å². The first-order valence-electron chi connectivity index (χ1n) is 8.35. The number of hydrogen-bond donors (Lipinski definition) is 2. The number of aliphatic hydroxyl groups is 1. The number of nitrogens with one attached hydrogen (secondary N) is 1. The van der Waals surface area contributed by atoms with Gasteiger partial charge in [-0.15, -0.1) is 0 Å². The van der Waals surface area contributed by atoms with E-state index in [1.165, 1.54) is 12.0 Å². The van der Waals surface area contributed by atoms with Gasteiger partial charge in [-0.3, -0.25) is 9.59 Å². The number of nitrogens with zero attached hydrogens (tertiary/aromatic N) is 2. The van der Waals surface area contributed by atoms with Crippen molar-refractivity contribution in [1.82, 2.24) is 15.2 Å². The molecule has 2 atom stereocenters. The zero-order chi connectivity index (χ0) is 18.7. The Labute approximate surface area is 151 Å². The van der Waals surface area contributed by atoms with Crippen molar-refractivity contribution >= 4 is 11.8 Å². The Morgan fingerprint density at radius 2 is 2.15 bits per heavy atom. The highest BCUT2D eigenvalue weighted by molar-refractivity contribution is 6.01. The first-order chi connectivity index (χ1) is 12.5. The summed E-state index contributed by atoms with van der Waals surface area (Å²) in [5.74, 6) is -0.0937. The lowest BCUT2D eigenvalue weighted by Crippen LogP contribution is -2.46. The summed E-state index contributed by atoms with van der Waals surface area (Å²) >= 11 is 0. The van der Waals surface area contributed by atoms with Gasteiger partial charge in [0.1, 0.15) is 6.04 Å². The molecule has 3 rings (SSSR count). The number of amides is 2. The highest BCUT2D eigenvalue weighted by Gasteiger charge is 2.34. The zero-order valence-corrected chi connectivity index (χ0v) is 14.7. The van der Waals surface area contributed by atoms with Gasteiger partial charge in [-0.05, 0) is 30.2 Å². The van der Waals surface area contributed by atoms with Crippen LogP contribution in [0.4, 0.5) is 0 Å². The standard InChI is InChI=1S/C19H21N3O4/c1-12(22-10-14-5-3-4-6-15(14)19(22)25)18(24)21-16(11-23)13-7-8-20-17(9-13)26-2/h3-9,12,16,23H,10-11H2,1-2H3,(H,21,24)/t12?,16-/m1/s1. The van der Waals surface area contributed by atoms with E-state index >= 15 is 0 Å². The minimum absolute atomic E-state index is 0.158. The molecule has 0 bridgehead atoms. The summed E-state index contributed by atoms with van der Waals surface area (Å²) in [6, 6.07) is 9.42. The molecule has 136 valence electrons. The Morgan fingerprint density at radius 1 is 1.38 bits per heavy atom. The molecule has 7 heteroatoms. The van der Waals surface area contributed by atoms with Crippen molar-refractivity contribution in [2.75, 3.05) is 13.7 Å². The van der Waals surface area contributed by atoms with Crippen LogP contribution < -0.4 is 10.1 Å². The molecule has 0 saturated heterocycles. The average Bonchev–Trinajstić information content (AvgIpc) is 3.02. The largest absolute Gasteiger partial charge is 0.481 e. The zero-order valence-electron chi connectivity index (χ0n) is 14.7. The molecule has 0 radical (unpaired) electrons. The monoisotopic (exact) mass is 355 g/mol. The van der Waals surface area contributed by atoms with Crippen LogP contribution in [0.2, 0.25) is 0 Å². The van der Waals surface area contributed by atoms with Crippen LogP contribution in [0.5, 0.6) is 5.88 Å². The summed E-state index contributed by atoms with van der Waals surface area (Å²) in [6.07, 6.45) is 1.55. The van der Waals surface area contributed by atoms with E-state index in [0.29, 0.717) is 23.6 Å². The third-order valence-corrected chi connectivity index (χ3v) is 4.57. The van der Waals surface area contributed by atoms with E-state index in [1.807, 2.05) is 18.2 Å². The minimum Gasteiger partial charge on any atom is -0.481 e. The second-order valence-corrected chi connectivity index (χ2v) is 6.14. The van der Waals surface area contributed by atoms with Crippen molar-refractivity contribution < 1.29 is 19.4 Å². The van der Waals surface area contributed by atoms with Gasteiger partial charge in [0.2, 0.25) is 11.8 Å². The summed E-state index contributed by atoms with van der Waals surface area (Å²) in [5.41, 5.74) is 2.22. The van der Waals surface area contributed by atoms with Crippen molar-refractivity contribution in [3.8, 4) is 5.88 Å². The first-order valence-corrected chi connectivity index (χ1v) is 8.35. The molecular formula is C19H21N3O4. The number of rotatable bonds is 6. The van der Waals surface area contributed by atoms with E-state index in [0.717, 1.165) is 5.56 Å². The van der Waals surface area contributed by atoms with Crippen LogP contribution in [0.3, 0.4) is 0 Å². The Hall–Kier alpha value is -2.93. The quantitative estimate of drug-likeness (QED) is 0.815. The fourth-order valence-electron chi connectivity index (χ4n) is 3.01. The molecule has 2 aromatic rings. The highest BCUT2D eigenvalue weighted by Crippen LogP contribution is 2.25. The van der Waals surface area contributed by atoms with E-state index < -0.39 is 12.1 Å². The molecule has 2 amide bonds. The average molecular weight is 355 g/mol. The molecule has 7 nitrogen and oxygen atoms in total. The van der Waals surface area contributed by atoms with Gasteiger partial charge in [-0.25, -0.2) is 4.98 Å². The number of fused-ring (bicyclic) bond motifs is 1. The molecule has 2 heterocycles. The number of benzene rings is 1. The predicted octanol–water partition coefficient (Wildman–Crippen LogP) is 1.28. The van der Waals surface area contributed by atoms with Crippen molar-refractivity contribution in [2.24, 2.45) is 0 Å². The minimum atomic E-state index is -0.660. The second-order valence-electron chi connectivity index (χ2n) is 6.14. The molecule has 26 heavy (non-hydrogen) atoms. The molecule has 0 fully saturated rings. The molecule has 1 aliphatic rings. The number of methoxy groups -OCH3 is 1. The van der Waals surface area contributed by atoms with Crippen molar-refractivity contribution in [1.29, 1.82) is 0 Å². The molecular weight excluding hydrogens is 334 g/mol. The normalized spacial score (nSPS) is 15.3. The summed E-state index contributed by atoms with van der Waals surface area (Å²) in [5, 5.41) is 12.5. The SMILES string of the molecule is COc1cc([C@@H](CO)NC(=O)C(C)N2Cc3ccccc3C2=O)ccn1. The van der Waals surface area contributed by atoms with Gasteiger partial charge in [-0.1, -0.05) is 18.2 Å². The van der Waals surface area contributed by atoms with Crippen LogP contribution in [0.25, 0.3) is 0 Å². The molecule has 1 unspecified atom stereocenters. The number of carbonyl (C=O) groups is 2. The maximum atomic E-state index is 12.7. The van der Waals surface area contributed by atoms with Crippen LogP contribution >= 0.6 is 0 Å². The van der Waals surface area contributed by atoms with E-state index in [1.54, 1.807) is 31.3 Å². The number of ether oxygens (including phenoxy) is 1. The van der Waals surface area contributed by atoms with Crippen LogP contribution in [0.15, 0.2) is 42.6 Å². The van der Waals surface area contributed by atoms with Crippen LogP contribution in [0.1, 0.15) is 34.5 Å². The maximum absolute atomic E-state index is 12.7. The Balaban J connectivity index is 1.71. The van der Waals surface area contributed by atoms with Gasteiger partial charge in [0, 0.05) is 24.4 Å². The Bertz CT molecular complexity index is 824. The van der Waals surface area contributed by atoms with E-state index in [9.17, 15) is 14.7 Å². The molecule has 1 aromatic heterocycles. The second kappa shape index (κ2) is 7.53. The van der Waals surface area contributed by atoms with Crippen LogP contribution in [-0.2, 0) is 11.3 Å². The van der Waals surface area contributed by atoms with Gasteiger partial charge in [0.25, 0.3) is 5.91 Å². The third kappa shape index (κ3) is 3.39. The molecule has 1 aromatic carbocycles. The molecule has 0 saturated carbocycles. The van der Waals surface area contributed by atoms with Gasteiger partial charge in [-0.2, -0.15) is 0 Å². The number of pyridine rings is 1. The lowest BCUT2D eigenvalue weighted by Gasteiger charge is -2.26. The molecule has 0 spiro atoms.